The van der Waals surface area contributed by atoms with E-state index in [0.717, 1.165) is 5.47 Å². The molecule has 0 N–H and O–H groups in total. The van der Waals surface area contributed by atoms with E-state index in [2.05, 4.69) is 19.1 Å². The van der Waals surface area contributed by atoms with Gasteiger partial charge in [0, 0.05) is 0 Å². The van der Waals surface area contributed by atoms with Crippen molar-refractivity contribution < 1.29 is 0 Å². The predicted molar refractivity (Wildman–Crippen MR) is 41.3 cm³/mol. The van der Waals surface area contributed by atoms with E-state index in [1.807, 2.05) is 18.2 Å². The summed E-state index contributed by atoms with van der Waals surface area (Å²) in [5.74, 6) is 0.516. The Morgan fingerprint density at radius 2 is 2.22 bits per heavy atom. The second-order valence-corrected chi connectivity index (χ2v) is 2.27. The highest BCUT2D eigenvalue weighted by molar-refractivity contribution is 6.23. The molecule has 1 aliphatic carbocycles. The van der Waals surface area contributed by atoms with E-state index in [1.54, 1.807) is 0 Å². The summed E-state index contributed by atoms with van der Waals surface area (Å²) in [6.45, 7) is 2.12. The first-order valence-corrected chi connectivity index (χ1v) is 3.11. The van der Waals surface area contributed by atoms with E-state index in [1.165, 1.54) is 0 Å². The van der Waals surface area contributed by atoms with Crippen LogP contribution in [0.4, 0.5) is 0 Å². The lowest BCUT2D eigenvalue weighted by Crippen LogP contribution is -1.78. The summed E-state index contributed by atoms with van der Waals surface area (Å²) in [4.78, 5) is 0. The summed E-state index contributed by atoms with van der Waals surface area (Å²) in [7, 11) is 5.52. The second kappa shape index (κ2) is 2.72. The fourth-order valence-electron chi connectivity index (χ4n) is 0.725. The number of rotatable bonds is 0. The van der Waals surface area contributed by atoms with E-state index < -0.39 is 0 Å². The fourth-order valence-corrected chi connectivity index (χ4v) is 0.725. The van der Waals surface area contributed by atoms with Gasteiger partial charge in [0.25, 0.3) is 0 Å². The van der Waals surface area contributed by atoms with Crippen molar-refractivity contribution >= 4 is 7.85 Å². The zero-order valence-corrected chi connectivity index (χ0v) is 5.54. The maximum atomic E-state index is 5.52. The quantitative estimate of drug-likeness (QED) is 0.423. The smallest absolute Gasteiger partial charge is 0.0970 e. The molecule has 0 aromatic carbocycles. The first-order chi connectivity index (χ1) is 4.29. The number of allylic oxidation sites excluding steroid dienone is 6. The molecule has 9 heavy (non-hydrogen) atoms. The van der Waals surface area contributed by atoms with Crippen LogP contribution in [0.15, 0.2) is 35.9 Å². The van der Waals surface area contributed by atoms with Crippen LogP contribution >= 0.6 is 0 Å². The first kappa shape index (κ1) is 6.41. The van der Waals surface area contributed by atoms with Crippen LogP contribution in [0.1, 0.15) is 6.92 Å². The molecule has 0 heterocycles. The van der Waals surface area contributed by atoms with E-state index in [-0.39, 0.29) is 0 Å². The van der Waals surface area contributed by atoms with E-state index in [9.17, 15) is 0 Å². The molecule has 0 nitrogen and oxygen atoms in total. The Balaban J connectivity index is 2.75. The van der Waals surface area contributed by atoms with Crippen LogP contribution in [0.3, 0.4) is 0 Å². The molecule has 0 saturated carbocycles. The van der Waals surface area contributed by atoms with Gasteiger partial charge < -0.3 is 0 Å². The highest BCUT2D eigenvalue weighted by Gasteiger charge is 1.90. The van der Waals surface area contributed by atoms with Crippen molar-refractivity contribution in [3.63, 3.8) is 0 Å². The van der Waals surface area contributed by atoms with Crippen molar-refractivity contribution in [2.24, 2.45) is 5.92 Å². The SMILES string of the molecule is [B]C1=CC=C[C@H](C)C=C1. The third kappa shape index (κ3) is 1.92. The molecule has 1 heteroatoms. The molecule has 0 amide bonds. The molecular weight excluding hydrogens is 107 g/mol. The molecule has 1 rings (SSSR count). The lowest BCUT2D eigenvalue weighted by atomic mass is 9.95. The summed E-state index contributed by atoms with van der Waals surface area (Å²) in [6.07, 6.45) is 10.0. The Hall–Kier alpha value is -0.715. The molecule has 44 valence electrons. The van der Waals surface area contributed by atoms with E-state index in [0.29, 0.717) is 5.92 Å². The van der Waals surface area contributed by atoms with E-state index >= 15 is 0 Å². The molecule has 1 aliphatic rings. The van der Waals surface area contributed by atoms with Crippen molar-refractivity contribution in [2.45, 2.75) is 6.92 Å². The topological polar surface area (TPSA) is 0 Å². The van der Waals surface area contributed by atoms with Gasteiger partial charge in [-0.25, -0.2) is 0 Å². The number of hydrogen-bond donors (Lipinski definition) is 0. The highest BCUT2D eigenvalue weighted by Crippen LogP contribution is 2.06. The lowest BCUT2D eigenvalue weighted by molar-refractivity contribution is 0.942. The maximum Gasteiger partial charge on any atom is 0.113 e. The van der Waals surface area contributed by atoms with Crippen molar-refractivity contribution in [3.8, 4) is 0 Å². The van der Waals surface area contributed by atoms with Gasteiger partial charge in [0.15, 0.2) is 0 Å². The summed E-state index contributed by atoms with van der Waals surface area (Å²) < 4.78 is 0. The zero-order valence-electron chi connectivity index (χ0n) is 5.54. The molecule has 0 aliphatic heterocycles. The van der Waals surface area contributed by atoms with Crippen LogP contribution in [0.2, 0.25) is 0 Å². The minimum Gasteiger partial charge on any atom is -0.0970 e. The van der Waals surface area contributed by atoms with Crippen LogP contribution < -0.4 is 0 Å². The van der Waals surface area contributed by atoms with Gasteiger partial charge in [-0.05, 0) is 5.92 Å². The minimum absolute atomic E-state index is 0.516. The van der Waals surface area contributed by atoms with Gasteiger partial charge in [-0.15, -0.1) is 0 Å². The Morgan fingerprint density at radius 3 is 3.00 bits per heavy atom. The Bertz CT molecular complexity index is 175. The van der Waals surface area contributed by atoms with Crippen molar-refractivity contribution in [1.29, 1.82) is 0 Å². The Morgan fingerprint density at radius 1 is 1.44 bits per heavy atom. The third-order valence-corrected chi connectivity index (χ3v) is 1.30. The molecule has 0 bridgehead atoms. The summed E-state index contributed by atoms with van der Waals surface area (Å²) in [5.41, 5.74) is 0.829. The minimum atomic E-state index is 0.516. The van der Waals surface area contributed by atoms with Crippen LogP contribution in [-0.2, 0) is 0 Å². The molecule has 0 spiro atoms. The lowest BCUT2D eigenvalue weighted by Gasteiger charge is -1.91. The van der Waals surface area contributed by atoms with Crippen molar-refractivity contribution in [1.82, 2.24) is 0 Å². The Kier molecular flexibility index (Phi) is 1.94. The predicted octanol–water partition coefficient (Wildman–Crippen LogP) is 1.80. The molecular formula is C8H9B. The second-order valence-electron chi connectivity index (χ2n) is 2.27. The average molecular weight is 116 g/mol. The normalized spacial score (nSPS) is 25.4. The van der Waals surface area contributed by atoms with Gasteiger partial charge in [0.05, 0.1) is 0 Å². The van der Waals surface area contributed by atoms with Crippen LogP contribution in [0.5, 0.6) is 0 Å². The Labute approximate surface area is 57.4 Å². The molecule has 1 atom stereocenters. The maximum absolute atomic E-state index is 5.52. The number of hydrogen-bond acceptors (Lipinski definition) is 0. The van der Waals surface area contributed by atoms with Crippen molar-refractivity contribution in [2.75, 3.05) is 0 Å². The molecule has 0 unspecified atom stereocenters. The molecule has 2 radical (unpaired) electrons. The highest BCUT2D eigenvalue weighted by atomic mass is 13.9. The molecule has 0 saturated heterocycles. The van der Waals surface area contributed by atoms with Gasteiger partial charge in [0.1, 0.15) is 7.85 Å². The summed E-state index contributed by atoms with van der Waals surface area (Å²) in [6, 6.07) is 0. The summed E-state index contributed by atoms with van der Waals surface area (Å²) in [5, 5.41) is 0. The van der Waals surface area contributed by atoms with Crippen molar-refractivity contribution in [3.05, 3.63) is 35.9 Å². The fraction of sp³-hybridized carbons (Fsp3) is 0.250. The van der Waals surface area contributed by atoms with Gasteiger partial charge in [-0.2, -0.15) is 0 Å². The molecule has 0 aromatic heterocycles. The van der Waals surface area contributed by atoms with Gasteiger partial charge in [-0.1, -0.05) is 42.8 Å². The molecule has 0 aromatic rings. The molecule has 0 fully saturated rings. The summed E-state index contributed by atoms with van der Waals surface area (Å²) >= 11 is 0. The van der Waals surface area contributed by atoms with Gasteiger partial charge in [-0.3, -0.25) is 0 Å². The van der Waals surface area contributed by atoms with Gasteiger partial charge >= 0.3 is 0 Å². The zero-order chi connectivity index (χ0) is 6.69. The average Bonchev–Trinajstić information content (AvgIpc) is 1.97. The largest absolute Gasteiger partial charge is 0.113 e. The van der Waals surface area contributed by atoms with Crippen LogP contribution in [-0.4, -0.2) is 7.85 Å². The standard InChI is InChI=1S/C8H9B/c1-7-3-2-4-8(9)6-5-7/h2-7H,1H3/t7-/m0/s1. The van der Waals surface area contributed by atoms with Crippen LogP contribution in [0, 0.1) is 5.92 Å². The van der Waals surface area contributed by atoms with Gasteiger partial charge in [0.2, 0.25) is 0 Å². The monoisotopic (exact) mass is 116 g/mol. The van der Waals surface area contributed by atoms with Crippen LogP contribution in [0.25, 0.3) is 0 Å². The van der Waals surface area contributed by atoms with E-state index in [4.69, 9.17) is 7.85 Å². The third-order valence-electron chi connectivity index (χ3n) is 1.30. The first-order valence-electron chi connectivity index (χ1n) is 3.11.